The number of para-hydroxylation sites is 1. The van der Waals surface area contributed by atoms with Crippen LogP contribution in [0.25, 0.3) is 0 Å². The van der Waals surface area contributed by atoms with E-state index in [1.54, 1.807) is 0 Å². The number of aromatic amines is 5. The molecule has 7 rings (SSSR count). The molecule has 7 aromatic rings. The van der Waals surface area contributed by atoms with Crippen molar-refractivity contribution in [1.82, 2.24) is 119 Å². The Hall–Kier alpha value is -16.2. The number of H-pyrrole nitrogens is 5. The van der Waals surface area contributed by atoms with Gasteiger partial charge in [-0.3, -0.25) is 143 Å². The average molecular weight is 1830 g/mol. The highest BCUT2D eigenvalue weighted by atomic mass is 16.2. The van der Waals surface area contributed by atoms with Gasteiger partial charge < -0.3 is 83.8 Å². The Morgan fingerprint density at radius 2 is 0.687 bits per heavy atom. The van der Waals surface area contributed by atoms with Crippen molar-refractivity contribution in [1.29, 1.82) is 0 Å². The minimum absolute atomic E-state index is 0.00520. The van der Waals surface area contributed by atoms with Crippen LogP contribution < -0.4 is 116 Å². The van der Waals surface area contributed by atoms with Gasteiger partial charge in [-0.05, 0) is 78.1 Å². The maximum absolute atomic E-state index is 14.5. The molecule has 0 aliphatic carbocycles. The number of anilines is 2. The molecular weight excluding hydrogens is 1730 g/mol. The fraction of sp³-hybridized carbons (Fsp3) is 0.436. The first-order valence-electron chi connectivity index (χ1n) is 40.5. The summed E-state index contributed by atoms with van der Waals surface area (Å²) < 4.78 is 5.10. The summed E-state index contributed by atoms with van der Waals surface area (Å²) in [5, 5.41) is 17.7. The lowest BCUT2D eigenvalue weighted by molar-refractivity contribution is -0.138. The fourth-order valence-electron chi connectivity index (χ4n) is 12.6. The molecule has 131 heavy (non-hydrogen) atoms. The lowest BCUT2D eigenvalue weighted by atomic mass is 10.1. The molecule has 0 unspecified atom stereocenters. The molecular formula is C78H102N28O25. The van der Waals surface area contributed by atoms with Gasteiger partial charge in [0, 0.05) is 150 Å². The molecule has 0 bridgehead atoms. The van der Waals surface area contributed by atoms with Crippen molar-refractivity contribution in [2.24, 2.45) is 11.5 Å². The molecule has 0 aliphatic heterocycles. The summed E-state index contributed by atoms with van der Waals surface area (Å²) in [6.45, 7) is -6.15. The van der Waals surface area contributed by atoms with Crippen LogP contribution in [0, 0.1) is 34.6 Å². The normalized spacial score (nSPS) is 11.1. The number of nitrogens with zero attached hydrogens (tertiary/aromatic N) is 13. The van der Waals surface area contributed by atoms with Gasteiger partial charge in [-0.25, -0.2) is 28.8 Å². The molecule has 53 nitrogen and oxygen atoms in total. The topological polar surface area (TPSA) is 730 Å². The summed E-state index contributed by atoms with van der Waals surface area (Å²) in [5.41, 5.74) is 7.30. The zero-order valence-electron chi connectivity index (χ0n) is 72.3. The van der Waals surface area contributed by atoms with Crippen LogP contribution in [-0.2, 0) is 113 Å². The van der Waals surface area contributed by atoms with Gasteiger partial charge in [0.1, 0.15) is 51.1 Å². The number of carbonyl (C=O) groups excluding carboxylic acids is 14. The zero-order chi connectivity index (χ0) is 96.6. The Kier molecular flexibility index (Phi) is 37.8. The largest absolute Gasteiger partial charge is 0.383 e. The van der Waals surface area contributed by atoms with Crippen LogP contribution in [0.15, 0.2) is 120 Å². The molecule has 6 heterocycles. The molecule has 18 N–H and O–H groups in total. The van der Waals surface area contributed by atoms with E-state index in [0.717, 1.165) is 94.0 Å². The summed E-state index contributed by atoms with van der Waals surface area (Å²) >= 11 is 0. The van der Waals surface area contributed by atoms with Gasteiger partial charge in [0.15, 0.2) is 0 Å². The summed E-state index contributed by atoms with van der Waals surface area (Å²) in [5.74, 6) is -12.6. The molecule has 53 heteroatoms. The number of amides is 14. The molecule has 1 atom stereocenters. The number of aromatic nitrogens is 12. The van der Waals surface area contributed by atoms with Gasteiger partial charge in [0.05, 0.1) is 39.3 Å². The van der Waals surface area contributed by atoms with Gasteiger partial charge >= 0.3 is 34.1 Å². The Bertz CT molecular complexity index is 6190. The van der Waals surface area contributed by atoms with Crippen molar-refractivity contribution in [3.05, 3.63) is 216 Å². The SMILES string of the molecule is CC(=O)NCCN(CC(=O)NCCN(CC(=O)NCCN(CC(=O)Nc1ccccc1CN(CC(=O)NCCN(CC(=O)NCCN(CC(=O)N[C@@H](CCCCN)C(N)=O)C(=O)Cn1cc(C)c(=O)[nH]c1=O)C(=O)Cn1cc(C)c(=O)[nH]c1=O)C(=O)Cn1ccc(N)nc1=O)C(=O)Cn1cc(C)c(=O)[nH]c1=O)C(=O)Cn1cc(C)c(=O)[nH]c1=O)C(=O)Cn1cc(C)c(=O)[nH]c1=O. The van der Waals surface area contributed by atoms with Crippen molar-refractivity contribution in [2.75, 3.05) is 122 Å². The fourth-order valence-corrected chi connectivity index (χ4v) is 12.6. The Morgan fingerprint density at radius 3 is 1.01 bits per heavy atom. The Morgan fingerprint density at radius 1 is 0.389 bits per heavy atom. The van der Waals surface area contributed by atoms with Crippen molar-refractivity contribution in [3.8, 4) is 0 Å². The number of nitrogen functional groups attached to an aromatic ring is 1. The highest BCUT2D eigenvalue weighted by Gasteiger charge is 2.29. The molecule has 0 fully saturated rings. The van der Waals surface area contributed by atoms with Crippen molar-refractivity contribution in [2.45, 2.75) is 113 Å². The first-order chi connectivity index (χ1) is 61.9. The number of nitrogens with one attached hydrogen (secondary N) is 12. The van der Waals surface area contributed by atoms with Gasteiger partial charge in [-0.15, -0.1) is 0 Å². The van der Waals surface area contributed by atoms with Crippen LogP contribution in [0.4, 0.5) is 11.5 Å². The standard InChI is InChI=1S/C78H102N28O25/c1-45-27-102(74(127)90-68(45)121)40-61(114)95(22-16-82-50(6)107)33-55(108)83-17-23-96(62(115)41-103-28-46(2)69(122)91-75(103)128)34-56(109)84-19-25-98(64(117)43-105-30-48(4)71(124)93-77(105)130)37-59(112)87-52-12-8-7-11-51(52)32-101(66(119)39-100-21-14-54(80)89-73(100)126)36-58(111)86-18-24-97(63(116)42-104-29-47(3)70(123)92-76(104)129)35-57(110)85-20-26-99(38-60(113)88-53(67(81)120)13-9-10-15-79)65(118)44-106-31-49(5)72(125)94-78(106)131/h7-8,11-12,14,21,27-31,53H,9-10,13,15-20,22-26,32-44,79H2,1-6H3,(H2,81,120)(H,82,107)(H,83,108)(H,84,109)(H,85,110)(H,86,111)(H,87,112)(H,88,113)(H2,80,89,126)(H,90,121,127)(H,91,122,128)(H,92,123,129)(H,93,124,130)(H,94,125,131)/t53-/m0/s1. The summed E-state index contributed by atoms with van der Waals surface area (Å²) in [6.07, 6.45) is 7.54. The summed E-state index contributed by atoms with van der Waals surface area (Å²) in [6, 6.07) is 5.71. The highest BCUT2D eigenvalue weighted by molar-refractivity contribution is 5.96. The Labute approximate surface area is 739 Å². The highest BCUT2D eigenvalue weighted by Crippen LogP contribution is 2.19. The minimum Gasteiger partial charge on any atom is -0.383 e. The number of unbranched alkanes of at least 4 members (excludes halogenated alkanes) is 1. The Balaban J connectivity index is 1.08. The number of primary amides is 1. The van der Waals surface area contributed by atoms with Gasteiger partial charge in [-0.1, -0.05) is 18.2 Å². The number of aryl methyl sites for hydroxylation is 5. The van der Waals surface area contributed by atoms with Crippen LogP contribution in [0.5, 0.6) is 0 Å². The number of rotatable bonds is 48. The molecule has 0 saturated heterocycles. The molecule has 0 saturated carbocycles. The van der Waals surface area contributed by atoms with E-state index in [1.165, 1.54) is 71.9 Å². The van der Waals surface area contributed by atoms with Crippen LogP contribution in [0.3, 0.4) is 0 Å². The molecule has 6 aromatic heterocycles. The lowest BCUT2D eigenvalue weighted by Crippen LogP contribution is -2.51. The van der Waals surface area contributed by atoms with E-state index in [-0.39, 0.29) is 70.9 Å². The zero-order valence-corrected chi connectivity index (χ0v) is 72.3. The maximum Gasteiger partial charge on any atom is 0.349 e. The van der Waals surface area contributed by atoms with Gasteiger partial charge in [0.25, 0.3) is 27.8 Å². The predicted molar refractivity (Wildman–Crippen MR) is 461 cm³/mol. The quantitative estimate of drug-likeness (QED) is 0.0158. The van der Waals surface area contributed by atoms with E-state index >= 15 is 0 Å². The van der Waals surface area contributed by atoms with E-state index in [2.05, 4.69) is 67.1 Å². The summed E-state index contributed by atoms with van der Waals surface area (Å²) in [7, 11) is 0. The first-order valence-corrected chi connectivity index (χ1v) is 40.5. The molecule has 0 radical (unpaired) electrons. The van der Waals surface area contributed by atoms with E-state index in [9.17, 15) is 120 Å². The van der Waals surface area contributed by atoms with E-state index in [0.29, 0.717) is 12.8 Å². The third kappa shape index (κ3) is 32.0. The van der Waals surface area contributed by atoms with Crippen molar-refractivity contribution in [3.63, 3.8) is 0 Å². The van der Waals surface area contributed by atoms with E-state index in [1.807, 2.05) is 0 Å². The number of benzene rings is 1. The second kappa shape index (κ2) is 48.5. The van der Waals surface area contributed by atoms with Gasteiger partial charge in [0.2, 0.25) is 82.7 Å². The van der Waals surface area contributed by atoms with E-state index < -0.39 is 288 Å². The van der Waals surface area contributed by atoms with Crippen LogP contribution in [-0.4, -0.2) is 287 Å². The molecule has 704 valence electrons. The second-order valence-electron chi connectivity index (χ2n) is 30.0. The monoisotopic (exact) mass is 1830 g/mol. The number of nitrogens with two attached hydrogens (primary N) is 3. The minimum atomic E-state index is -1.19. The third-order valence-corrected chi connectivity index (χ3v) is 19.6. The number of hydrogen-bond acceptors (Lipinski definition) is 28. The maximum atomic E-state index is 14.5. The average Bonchev–Trinajstić information content (AvgIpc) is 0.859. The number of carbonyl (C=O) groups is 14. The van der Waals surface area contributed by atoms with Crippen molar-refractivity contribution >= 4 is 94.2 Å². The van der Waals surface area contributed by atoms with Crippen LogP contribution in [0.1, 0.15) is 59.6 Å². The van der Waals surface area contributed by atoms with Crippen molar-refractivity contribution < 1.29 is 67.1 Å². The lowest BCUT2D eigenvalue weighted by Gasteiger charge is -2.26. The molecule has 0 spiro atoms. The van der Waals surface area contributed by atoms with E-state index in [4.69, 9.17) is 17.2 Å². The third-order valence-electron chi connectivity index (χ3n) is 19.6. The predicted octanol–water partition coefficient (Wildman–Crippen LogP) is -12.1. The van der Waals surface area contributed by atoms with Crippen LogP contribution >= 0.6 is 0 Å². The molecule has 1 aromatic carbocycles. The van der Waals surface area contributed by atoms with Crippen LogP contribution in [0.2, 0.25) is 0 Å². The smallest absolute Gasteiger partial charge is 0.349 e. The number of hydrogen-bond donors (Lipinski definition) is 15. The molecule has 14 amide bonds. The first kappa shape index (κ1) is 102. The second-order valence-corrected chi connectivity index (χ2v) is 30.0. The molecule has 0 aliphatic rings. The summed E-state index contributed by atoms with van der Waals surface area (Å²) in [4.78, 5) is 350. The van der Waals surface area contributed by atoms with Gasteiger partial charge in [-0.2, -0.15) is 4.98 Å².